The highest BCUT2D eigenvalue weighted by atomic mass is 31.0. The lowest BCUT2D eigenvalue weighted by Crippen LogP contribution is -2.84. The average molecular weight is 577 g/mol. The largest absolute Gasteiger partial charge is 0.343 e. The molecule has 0 amide bonds. The second-order valence-electron chi connectivity index (χ2n) is 15.5. The minimum atomic E-state index is -0.627. The summed E-state index contributed by atoms with van der Waals surface area (Å²) in [4.78, 5) is 0. The molecule has 3 nitrogen and oxygen atoms in total. The van der Waals surface area contributed by atoms with Crippen LogP contribution < -0.4 is 0 Å². The standard InChI is InChI=1S/C35H46O3P2/c1-29-19-31(3)37-30(2,20-32(4,36-29)38-31)35(29,21-39)27-12-11-25(24-9-7-6-8-10-24)16-28(27)34-17-22-13-23(18-34)15-26(14-22)33(34,5)40/h6-12,16,22-23,26H,13-15,17-21,39-40H2,1-5H3. The minimum absolute atomic E-state index is 0.130. The van der Waals surface area contributed by atoms with Crippen molar-refractivity contribution in [1.29, 1.82) is 0 Å². The highest BCUT2D eigenvalue weighted by Crippen LogP contribution is 2.72. The van der Waals surface area contributed by atoms with Crippen LogP contribution in [0.1, 0.15) is 90.7 Å². The van der Waals surface area contributed by atoms with Crippen LogP contribution in [0.15, 0.2) is 48.5 Å². The van der Waals surface area contributed by atoms with Gasteiger partial charge in [-0.25, -0.2) is 0 Å². The van der Waals surface area contributed by atoms with E-state index >= 15 is 0 Å². The summed E-state index contributed by atoms with van der Waals surface area (Å²) in [6, 6.07) is 18.5. The first-order chi connectivity index (χ1) is 18.8. The Kier molecular flexibility index (Phi) is 5.36. The number of benzene rings is 2. The Labute approximate surface area is 245 Å². The topological polar surface area (TPSA) is 27.7 Å². The van der Waals surface area contributed by atoms with Gasteiger partial charge in [0.2, 0.25) is 0 Å². The molecular weight excluding hydrogens is 530 g/mol. The van der Waals surface area contributed by atoms with E-state index in [4.69, 9.17) is 14.2 Å². The van der Waals surface area contributed by atoms with Crippen molar-refractivity contribution in [2.45, 2.75) is 118 Å². The van der Waals surface area contributed by atoms with Gasteiger partial charge in [0.15, 0.2) is 11.6 Å². The summed E-state index contributed by atoms with van der Waals surface area (Å²) in [5.74, 6) is 1.20. The predicted molar refractivity (Wildman–Crippen MR) is 168 cm³/mol. The first kappa shape index (κ1) is 26.8. The maximum atomic E-state index is 7.11. The summed E-state index contributed by atoms with van der Waals surface area (Å²) >= 11 is 0. The van der Waals surface area contributed by atoms with Crippen molar-refractivity contribution < 1.29 is 14.2 Å². The van der Waals surface area contributed by atoms with Crippen molar-refractivity contribution in [3.05, 3.63) is 59.7 Å². The second-order valence-corrected chi connectivity index (χ2v) is 17.1. The highest BCUT2D eigenvalue weighted by Gasteiger charge is 2.78. The summed E-state index contributed by atoms with van der Waals surface area (Å²) in [5.41, 5.74) is 4.66. The first-order valence-corrected chi connectivity index (χ1v) is 17.0. The van der Waals surface area contributed by atoms with E-state index in [0.29, 0.717) is 0 Å². The van der Waals surface area contributed by atoms with Gasteiger partial charge in [-0.2, -0.15) is 0 Å². The third-order valence-electron chi connectivity index (χ3n) is 12.9. The summed E-state index contributed by atoms with van der Waals surface area (Å²) in [6.07, 6.45) is 9.18. The Balaban J connectivity index is 1.41. The summed E-state index contributed by atoms with van der Waals surface area (Å²) < 4.78 is 20.7. The summed E-state index contributed by atoms with van der Waals surface area (Å²) in [5, 5.41) is 0.170. The van der Waals surface area contributed by atoms with Crippen LogP contribution in [-0.4, -0.2) is 34.1 Å². The van der Waals surface area contributed by atoms with Crippen molar-refractivity contribution >= 4 is 18.5 Å². The fraction of sp³-hybridized carbons (Fsp3) is 0.657. The molecule has 10 rings (SSSR count). The lowest BCUT2D eigenvalue weighted by molar-refractivity contribution is -0.531. The quantitative estimate of drug-likeness (QED) is 0.345. The van der Waals surface area contributed by atoms with Crippen molar-refractivity contribution in [1.82, 2.24) is 0 Å². The molecule has 0 spiro atoms. The van der Waals surface area contributed by atoms with Gasteiger partial charge >= 0.3 is 0 Å². The molecule has 5 heteroatoms. The van der Waals surface area contributed by atoms with E-state index < -0.39 is 22.8 Å². The lowest BCUT2D eigenvalue weighted by Gasteiger charge is -2.75. The monoisotopic (exact) mass is 576 g/mol. The molecule has 8 fully saturated rings. The Hall–Kier alpha value is -0.820. The van der Waals surface area contributed by atoms with Crippen LogP contribution in [0.4, 0.5) is 0 Å². The number of ether oxygens (including phenoxy) is 3. The molecule has 214 valence electrons. The normalized spacial score (nSPS) is 51.9. The van der Waals surface area contributed by atoms with E-state index in [9.17, 15) is 0 Å². The van der Waals surface area contributed by atoms with Gasteiger partial charge in [-0.05, 0) is 111 Å². The molecule has 0 radical (unpaired) electrons. The van der Waals surface area contributed by atoms with Gasteiger partial charge in [-0.1, -0.05) is 55.5 Å². The van der Waals surface area contributed by atoms with Crippen molar-refractivity contribution in [2.24, 2.45) is 17.8 Å². The zero-order chi connectivity index (χ0) is 28.0. The number of rotatable bonds is 4. The van der Waals surface area contributed by atoms with Crippen molar-refractivity contribution in [3.63, 3.8) is 0 Å². The molecule has 8 bridgehead atoms. The zero-order valence-corrected chi connectivity index (χ0v) is 27.2. The van der Waals surface area contributed by atoms with Crippen LogP contribution in [0.3, 0.4) is 0 Å². The fourth-order valence-electron chi connectivity index (χ4n) is 12.0. The molecule has 40 heavy (non-hydrogen) atoms. The van der Waals surface area contributed by atoms with E-state index in [1.165, 1.54) is 48.8 Å². The molecule has 2 aromatic carbocycles. The van der Waals surface area contributed by atoms with Crippen LogP contribution in [0.2, 0.25) is 0 Å². The van der Waals surface area contributed by atoms with Crippen LogP contribution in [-0.2, 0) is 25.0 Å². The molecule has 0 aromatic heterocycles. The molecular formula is C35H46O3P2. The van der Waals surface area contributed by atoms with E-state index in [1.807, 2.05) is 0 Å². The van der Waals surface area contributed by atoms with Gasteiger partial charge in [-0.15, -0.1) is 18.5 Å². The average Bonchev–Trinajstić information content (AvgIpc) is 2.85. The molecule has 4 saturated heterocycles. The van der Waals surface area contributed by atoms with Crippen LogP contribution in [0.25, 0.3) is 11.1 Å². The van der Waals surface area contributed by atoms with Gasteiger partial charge in [-0.3, -0.25) is 0 Å². The molecule has 2 aromatic rings. The third kappa shape index (κ3) is 3.16. The van der Waals surface area contributed by atoms with Gasteiger partial charge < -0.3 is 14.2 Å². The van der Waals surface area contributed by atoms with E-state index in [0.717, 1.165) is 36.8 Å². The van der Waals surface area contributed by atoms with Crippen LogP contribution in [0.5, 0.6) is 0 Å². The van der Waals surface area contributed by atoms with Gasteiger partial charge in [0.25, 0.3) is 0 Å². The molecule has 4 heterocycles. The summed E-state index contributed by atoms with van der Waals surface area (Å²) in [6.45, 7) is 11.6. The molecule has 4 aliphatic heterocycles. The predicted octanol–water partition coefficient (Wildman–Crippen LogP) is 8.00. The van der Waals surface area contributed by atoms with Crippen molar-refractivity contribution in [2.75, 3.05) is 6.16 Å². The second kappa shape index (κ2) is 8.01. The van der Waals surface area contributed by atoms with E-state index in [-0.39, 0.29) is 16.0 Å². The van der Waals surface area contributed by atoms with Crippen molar-refractivity contribution in [3.8, 4) is 11.1 Å². The highest BCUT2D eigenvalue weighted by molar-refractivity contribution is 7.19. The number of hydrogen-bond donors (Lipinski definition) is 0. The van der Waals surface area contributed by atoms with E-state index in [1.54, 1.807) is 5.56 Å². The molecule has 0 N–H and O–H groups in total. The Morgan fingerprint density at radius 1 is 0.725 bits per heavy atom. The summed E-state index contributed by atoms with van der Waals surface area (Å²) in [7, 11) is 6.61. The van der Waals surface area contributed by atoms with Gasteiger partial charge in [0.05, 0.1) is 16.6 Å². The smallest absolute Gasteiger partial charge is 0.172 e. The Morgan fingerprint density at radius 2 is 1.32 bits per heavy atom. The molecule has 4 aliphatic carbocycles. The Morgan fingerprint density at radius 3 is 1.90 bits per heavy atom. The lowest BCUT2D eigenvalue weighted by atomic mass is 9.41. The fourth-order valence-corrected chi connectivity index (χ4v) is 13.7. The third-order valence-corrected chi connectivity index (χ3v) is 14.5. The SMILES string of the molecule is CC12CC3(C)OC(C)(CC(C)(O1)C3(CP)c1ccc(-c3ccccc3)cc1C13CC4CC(CC(C4)C1(C)P)C3)O2. The molecule has 9 atom stereocenters. The maximum absolute atomic E-state index is 7.11. The Bertz CT molecular complexity index is 1330. The zero-order valence-electron chi connectivity index (χ0n) is 24.9. The molecule has 8 aliphatic rings. The number of hydrogen-bond acceptors (Lipinski definition) is 3. The van der Waals surface area contributed by atoms with Crippen LogP contribution in [0, 0.1) is 17.8 Å². The first-order valence-electron chi connectivity index (χ1n) is 15.6. The molecule has 4 saturated carbocycles. The minimum Gasteiger partial charge on any atom is -0.343 e. The molecule has 9 unspecified atom stereocenters. The van der Waals surface area contributed by atoms with Crippen LogP contribution >= 0.6 is 18.5 Å². The van der Waals surface area contributed by atoms with Gasteiger partial charge in [0.1, 0.15) is 0 Å². The van der Waals surface area contributed by atoms with Gasteiger partial charge in [0, 0.05) is 18.3 Å². The maximum Gasteiger partial charge on any atom is 0.172 e. The van der Waals surface area contributed by atoms with E-state index in [2.05, 4.69) is 102 Å².